The summed E-state index contributed by atoms with van der Waals surface area (Å²) in [5, 5.41) is 17.8. The summed E-state index contributed by atoms with van der Waals surface area (Å²) in [7, 11) is 0. The number of carbonyl (C=O) groups is 1. The van der Waals surface area contributed by atoms with Gasteiger partial charge in [0.05, 0.1) is 11.5 Å². The van der Waals surface area contributed by atoms with E-state index in [0.717, 1.165) is 84.9 Å². The van der Waals surface area contributed by atoms with Crippen LogP contribution in [0.2, 0.25) is 0 Å². The number of nitrogens with zero attached hydrogens (tertiary/aromatic N) is 5. The van der Waals surface area contributed by atoms with Gasteiger partial charge in [-0.2, -0.15) is 0 Å². The van der Waals surface area contributed by atoms with Crippen molar-refractivity contribution in [2.24, 2.45) is 5.41 Å². The lowest BCUT2D eigenvalue weighted by atomic mass is 9.66. The quantitative estimate of drug-likeness (QED) is 0.251. The van der Waals surface area contributed by atoms with Gasteiger partial charge in [0.25, 0.3) is 5.56 Å². The number of H-pyrrole nitrogens is 1. The fourth-order valence-corrected chi connectivity index (χ4v) is 7.55. The molecule has 1 fully saturated rings. The summed E-state index contributed by atoms with van der Waals surface area (Å²) in [6.45, 7) is 9.06. The SMILES string of the molecule is CCCc1c(Cc2ccc(-c3ccccc3-c3nnn[nH]3)cc2)c(=O)n2n1C(C1(C(=O)NC(C)(C)C)CCCCC1)CCC2. The molecule has 2 N–H and O–H groups in total. The molecule has 2 aliphatic rings. The predicted octanol–water partition coefficient (Wildman–Crippen LogP) is 6.24. The molecule has 0 bridgehead atoms. The number of benzene rings is 2. The van der Waals surface area contributed by atoms with Crippen LogP contribution in [0.15, 0.2) is 53.3 Å². The average molecular weight is 596 g/mol. The molecule has 9 nitrogen and oxygen atoms in total. The summed E-state index contributed by atoms with van der Waals surface area (Å²) < 4.78 is 4.28. The van der Waals surface area contributed by atoms with E-state index in [1.807, 2.05) is 22.9 Å². The van der Waals surface area contributed by atoms with Gasteiger partial charge in [-0.15, -0.1) is 5.10 Å². The normalized spacial score (nSPS) is 18.1. The van der Waals surface area contributed by atoms with Crippen molar-refractivity contribution in [3.8, 4) is 22.5 Å². The van der Waals surface area contributed by atoms with Crippen molar-refractivity contribution in [2.45, 2.75) is 110 Å². The van der Waals surface area contributed by atoms with E-state index < -0.39 is 5.41 Å². The number of hydrogen-bond donors (Lipinski definition) is 2. The monoisotopic (exact) mass is 595 g/mol. The lowest BCUT2D eigenvalue weighted by Gasteiger charge is -2.46. The zero-order valence-electron chi connectivity index (χ0n) is 26.5. The van der Waals surface area contributed by atoms with Crippen molar-refractivity contribution >= 4 is 5.91 Å². The molecule has 1 aliphatic carbocycles. The number of hydrogen-bond acceptors (Lipinski definition) is 5. The van der Waals surface area contributed by atoms with Crippen LogP contribution in [0.4, 0.5) is 0 Å². The van der Waals surface area contributed by atoms with Gasteiger partial charge in [0.1, 0.15) is 0 Å². The van der Waals surface area contributed by atoms with Crippen LogP contribution in [-0.4, -0.2) is 41.4 Å². The lowest BCUT2D eigenvalue weighted by molar-refractivity contribution is -0.139. The number of carbonyl (C=O) groups excluding carboxylic acids is 1. The molecule has 6 rings (SSSR count). The van der Waals surface area contributed by atoms with Crippen molar-refractivity contribution in [3.63, 3.8) is 0 Å². The van der Waals surface area contributed by atoms with Crippen LogP contribution in [0.3, 0.4) is 0 Å². The zero-order chi connectivity index (χ0) is 30.9. The van der Waals surface area contributed by atoms with Gasteiger partial charge in [-0.05, 0) is 80.0 Å². The third-order valence-corrected chi connectivity index (χ3v) is 9.50. The smallest absolute Gasteiger partial charge is 0.270 e. The molecular weight excluding hydrogens is 550 g/mol. The van der Waals surface area contributed by atoms with Crippen LogP contribution < -0.4 is 10.9 Å². The average Bonchev–Trinajstić information content (AvgIpc) is 3.65. The Morgan fingerprint density at radius 2 is 1.75 bits per heavy atom. The lowest BCUT2D eigenvalue weighted by Crippen LogP contribution is -2.54. The molecule has 0 saturated heterocycles. The third kappa shape index (κ3) is 5.64. The van der Waals surface area contributed by atoms with Crippen LogP contribution in [0.5, 0.6) is 0 Å². The van der Waals surface area contributed by atoms with Gasteiger partial charge in [-0.25, -0.2) is 9.78 Å². The Labute approximate surface area is 259 Å². The standard InChI is InChI=1S/C35H45N7O2/c1-5-12-29-28(23-24-16-18-25(19-17-24)26-13-7-8-14-27(26)31-37-39-40-38-31)32(43)41-22-11-15-30(42(29)41)35(20-9-6-10-21-35)33(44)36-34(2,3)4/h7-8,13-14,16-19,30H,5-6,9-12,15,20-23H2,1-4H3,(H,36,44)(H,37,38,39,40). The highest BCUT2D eigenvalue weighted by atomic mass is 16.2. The first-order valence-corrected chi connectivity index (χ1v) is 16.3. The molecule has 9 heteroatoms. The van der Waals surface area contributed by atoms with Crippen LogP contribution in [0.1, 0.15) is 102 Å². The molecule has 0 radical (unpaired) electrons. The molecular formula is C35H45N7O2. The number of aromatic amines is 1. The highest BCUT2D eigenvalue weighted by Crippen LogP contribution is 2.49. The summed E-state index contributed by atoms with van der Waals surface area (Å²) >= 11 is 0. The van der Waals surface area contributed by atoms with Gasteiger partial charge in [0.15, 0.2) is 5.82 Å². The van der Waals surface area contributed by atoms with E-state index in [4.69, 9.17) is 0 Å². The van der Waals surface area contributed by atoms with E-state index in [9.17, 15) is 9.59 Å². The molecule has 232 valence electrons. The number of aromatic nitrogens is 6. The second-order valence-electron chi connectivity index (χ2n) is 13.7. The molecule has 1 saturated carbocycles. The Morgan fingerprint density at radius 1 is 1.02 bits per heavy atom. The summed E-state index contributed by atoms with van der Waals surface area (Å²) in [6.07, 6.45) is 9.20. The van der Waals surface area contributed by atoms with Gasteiger partial charge in [0, 0.05) is 35.3 Å². The van der Waals surface area contributed by atoms with Crippen molar-refractivity contribution in [2.75, 3.05) is 0 Å². The van der Waals surface area contributed by atoms with Crippen molar-refractivity contribution < 1.29 is 4.79 Å². The van der Waals surface area contributed by atoms with Crippen LogP contribution in [0, 0.1) is 5.41 Å². The first-order valence-electron chi connectivity index (χ1n) is 16.3. The first-order chi connectivity index (χ1) is 21.2. The molecule has 3 heterocycles. The largest absolute Gasteiger partial charge is 0.351 e. The topological polar surface area (TPSA) is 110 Å². The second kappa shape index (κ2) is 12.2. The molecule has 0 spiro atoms. The van der Waals surface area contributed by atoms with Gasteiger partial charge in [-0.3, -0.25) is 14.3 Å². The Balaban J connectivity index is 1.36. The van der Waals surface area contributed by atoms with E-state index in [1.54, 1.807) is 0 Å². The number of nitrogens with one attached hydrogen (secondary N) is 2. The fraction of sp³-hybridized carbons (Fsp3) is 0.514. The zero-order valence-corrected chi connectivity index (χ0v) is 26.5. The summed E-state index contributed by atoms with van der Waals surface area (Å²) in [5.74, 6) is 0.785. The van der Waals surface area contributed by atoms with Crippen molar-refractivity contribution in [1.82, 2.24) is 35.3 Å². The van der Waals surface area contributed by atoms with Crippen molar-refractivity contribution in [1.29, 1.82) is 0 Å². The van der Waals surface area contributed by atoms with Crippen LogP contribution >= 0.6 is 0 Å². The van der Waals surface area contributed by atoms with E-state index in [1.165, 1.54) is 6.42 Å². The molecule has 44 heavy (non-hydrogen) atoms. The molecule has 1 unspecified atom stereocenters. The van der Waals surface area contributed by atoms with E-state index in [-0.39, 0.29) is 23.0 Å². The number of rotatable bonds is 8. The molecule has 1 amide bonds. The van der Waals surface area contributed by atoms with E-state index in [2.05, 4.69) is 88.6 Å². The third-order valence-electron chi connectivity index (χ3n) is 9.50. The van der Waals surface area contributed by atoms with Gasteiger partial charge >= 0.3 is 0 Å². The minimum atomic E-state index is -0.493. The summed E-state index contributed by atoms with van der Waals surface area (Å²) in [5.41, 5.74) is 5.43. The molecule has 2 aromatic heterocycles. The summed E-state index contributed by atoms with van der Waals surface area (Å²) in [6, 6.07) is 16.5. The Kier molecular flexibility index (Phi) is 8.31. The predicted molar refractivity (Wildman–Crippen MR) is 172 cm³/mol. The second-order valence-corrected chi connectivity index (χ2v) is 13.7. The molecule has 1 atom stereocenters. The highest BCUT2D eigenvalue weighted by molar-refractivity contribution is 5.84. The van der Waals surface area contributed by atoms with Crippen LogP contribution in [-0.2, 0) is 24.2 Å². The number of fused-ring (bicyclic) bond motifs is 1. The maximum atomic E-state index is 14.1. The Bertz CT molecular complexity index is 1650. The van der Waals surface area contributed by atoms with E-state index in [0.29, 0.717) is 18.8 Å². The van der Waals surface area contributed by atoms with Crippen molar-refractivity contribution in [3.05, 3.63) is 75.7 Å². The summed E-state index contributed by atoms with van der Waals surface area (Å²) in [4.78, 5) is 28.2. The van der Waals surface area contributed by atoms with Gasteiger partial charge in [0.2, 0.25) is 5.91 Å². The fourth-order valence-electron chi connectivity index (χ4n) is 7.55. The molecule has 4 aromatic rings. The minimum Gasteiger partial charge on any atom is -0.351 e. The van der Waals surface area contributed by atoms with Gasteiger partial charge < -0.3 is 5.32 Å². The number of tetrazole rings is 1. The van der Waals surface area contributed by atoms with E-state index >= 15 is 0 Å². The Morgan fingerprint density at radius 3 is 2.41 bits per heavy atom. The van der Waals surface area contributed by atoms with Crippen LogP contribution in [0.25, 0.3) is 22.5 Å². The first kappa shape index (κ1) is 30.0. The number of amides is 1. The maximum absolute atomic E-state index is 14.1. The Hall–Kier alpha value is -4.01. The highest BCUT2D eigenvalue weighted by Gasteiger charge is 2.50. The van der Waals surface area contributed by atoms with Gasteiger partial charge in [-0.1, -0.05) is 81.1 Å². The maximum Gasteiger partial charge on any atom is 0.270 e. The molecule has 2 aromatic carbocycles. The minimum absolute atomic E-state index is 0.00800. The molecule has 1 aliphatic heterocycles.